The largest absolute Gasteiger partial charge is 0.358 e. The maximum Gasteiger partial charge on any atom is 0.244 e. The maximum atomic E-state index is 12.7. The highest BCUT2D eigenvalue weighted by atomic mass is 35.5. The molecule has 0 aliphatic carbocycles. The summed E-state index contributed by atoms with van der Waals surface area (Å²) < 4.78 is 26.7. The van der Waals surface area contributed by atoms with Gasteiger partial charge in [0, 0.05) is 18.6 Å². The highest BCUT2D eigenvalue weighted by Gasteiger charge is 2.39. The van der Waals surface area contributed by atoms with Crippen LogP contribution in [0.3, 0.4) is 0 Å². The van der Waals surface area contributed by atoms with Gasteiger partial charge in [-0.25, -0.2) is 8.42 Å². The van der Waals surface area contributed by atoms with Crippen molar-refractivity contribution in [3.63, 3.8) is 0 Å². The first-order valence-corrected chi connectivity index (χ1v) is 8.20. The summed E-state index contributed by atoms with van der Waals surface area (Å²) in [5.74, 6) is -0.272. The van der Waals surface area contributed by atoms with Crippen LogP contribution in [0.5, 0.6) is 0 Å². The average molecular weight is 317 g/mol. The van der Waals surface area contributed by atoms with Gasteiger partial charge in [0.25, 0.3) is 0 Å². The molecule has 0 saturated carbocycles. The quantitative estimate of drug-likeness (QED) is 0.920. The third-order valence-corrected chi connectivity index (χ3v) is 6.02. The zero-order valence-corrected chi connectivity index (χ0v) is 13.0. The number of likely N-dealkylation sites (N-methyl/N-ethyl adjacent to an activating group) is 1. The molecule has 0 aromatic heterocycles. The third-order valence-electron chi connectivity index (χ3n) is 3.56. The summed E-state index contributed by atoms with van der Waals surface area (Å²) in [4.78, 5) is 12.0. The van der Waals surface area contributed by atoms with Gasteiger partial charge in [-0.15, -0.1) is 0 Å². The summed E-state index contributed by atoms with van der Waals surface area (Å²) in [7, 11) is -2.20. The van der Waals surface area contributed by atoms with E-state index in [9.17, 15) is 13.2 Å². The molecule has 1 aliphatic rings. The van der Waals surface area contributed by atoms with Gasteiger partial charge >= 0.3 is 0 Å². The van der Waals surface area contributed by atoms with E-state index in [1.165, 1.54) is 17.4 Å². The lowest BCUT2D eigenvalue weighted by Crippen LogP contribution is -2.44. The number of carbonyl (C=O) groups is 1. The lowest BCUT2D eigenvalue weighted by Gasteiger charge is -2.23. The zero-order valence-electron chi connectivity index (χ0n) is 11.4. The van der Waals surface area contributed by atoms with Crippen LogP contribution in [-0.4, -0.2) is 38.3 Å². The molecule has 1 aromatic carbocycles. The molecule has 0 radical (unpaired) electrons. The molecule has 1 heterocycles. The van der Waals surface area contributed by atoms with Gasteiger partial charge in [-0.3, -0.25) is 4.79 Å². The number of halogens is 1. The molecule has 5 nitrogen and oxygen atoms in total. The molecule has 1 fully saturated rings. The smallest absolute Gasteiger partial charge is 0.244 e. The highest BCUT2D eigenvalue weighted by molar-refractivity contribution is 7.89. The van der Waals surface area contributed by atoms with Crippen LogP contribution < -0.4 is 5.32 Å². The fourth-order valence-corrected chi connectivity index (χ4v) is 4.59. The number of nitrogens with one attached hydrogen (secondary N) is 1. The number of amides is 1. The topological polar surface area (TPSA) is 66.5 Å². The van der Waals surface area contributed by atoms with E-state index in [1.54, 1.807) is 19.1 Å². The molecule has 7 heteroatoms. The highest BCUT2D eigenvalue weighted by Crippen LogP contribution is 2.30. The Morgan fingerprint density at radius 2 is 2.15 bits per heavy atom. The summed E-state index contributed by atoms with van der Waals surface area (Å²) in [6.07, 6.45) is 1.22. The molecule has 110 valence electrons. The van der Waals surface area contributed by atoms with E-state index in [0.717, 1.165) is 0 Å². The Bertz CT molecular complexity index is 631. The molecule has 1 N–H and O–H groups in total. The predicted octanol–water partition coefficient (Wildman–Crippen LogP) is 1.55. The monoisotopic (exact) mass is 316 g/mol. The van der Waals surface area contributed by atoms with Crippen molar-refractivity contribution in [1.82, 2.24) is 9.62 Å². The predicted molar refractivity (Wildman–Crippen MR) is 77.2 cm³/mol. The van der Waals surface area contributed by atoms with E-state index < -0.39 is 16.1 Å². The van der Waals surface area contributed by atoms with Gasteiger partial charge in [0.2, 0.25) is 15.9 Å². The number of rotatable bonds is 3. The van der Waals surface area contributed by atoms with Gasteiger partial charge < -0.3 is 5.32 Å². The van der Waals surface area contributed by atoms with E-state index in [1.807, 2.05) is 0 Å². The van der Waals surface area contributed by atoms with Gasteiger partial charge in [0.1, 0.15) is 6.04 Å². The van der Waals surface area contributed by atoms with Crippen LogP contribution in [0.15, 0.2) is 23.1 Å². The number of carbonyl (C=O) groups excluding carboxylic acids is 1. The fourth-order valence-electron chi connectivity index (χ4n) is 2.45. The maximum absolute atomic E-state index is 12.7. The van der Waals surface area contributed by atoms with Crippen LogP contribution in [0.1, 0.15) is 18.4 Å². The summed E-state index contributed by atoms with van der Waals surface area (Å²) in [5, 5.41) is 2.92. The molecule has 2 rings (SSSR count). The minimum atomic E-state index is -3.71. The van der Waals surface area contributed by atoms with Crippen LogP contribution in [0.25, 0.3) is 0 Å². The van der Waals surface area contributed by atoms with Crippen molar-refractivity contribution in [3.05, 3.63) is 28.8 Å². The van der Waals surface area contributed by atoms with Crippen molar-refractivity contribution >= 4 is 27.5 Å². The molecule has 0 spiro atoms. The Balaban J connectivity index is 2.44. The van der Waals surface area contributed by atoms with Crippen molar-refractivity contribution in [1.29, 1.82) is 0 Å². The summed E-state index contributed by atoms with van der Waals surface area (Å²) in [6.45, 7) is 2.02. The van der Waals surface area contributed by atoms with Crippen molar-refractivity contribution < 1.29 is 13.2 Å². The number of benzene rings is 1. The second kappa shape index (κ2) is 5.71. The SMILES string of the molecule is CNC(=O)C1CCCN1S(=O)(=O)c1cccc(Cl)c1C. The number of sulfonamides is 1. The number of hydrogen-bond donors (Lipinski definition) is 1. The molecule has 1 aliphatic heterocycles. The van der Waals surface area contributed by atoms with Crippen LogP contribution in [0.4, 0.5) is 0 Å². The molecule has 20 heavy (non-hydrogen) atoms. The van der Waals surface area contributed by atoms with Gasteiger partial charge in [-0.05, 0) is 37.5 Å². The standard InChI is InChI=1S/C13H17ClN2O3S/c1-9-10(14)5-3-7-12(9)20(18,19)16-8-4-6-11(16)13(17)15-2/h3,5,7,11H,4,6,8H2,1-2H3,(H,15,17). The van der Waals surface area contributed by atoms with Crippen LogP contribution in [0.2, 0.25) is 5.02 Å². The Labute approximate surface area is 124 Å². The van der Waals surface area contributed by atoms with E-state index in [0.29, 0.717) is 30.0 Å². The summed E-state index contributed by atoms with van der Waals surface area (Å²) >= 11 is 5.99. The first-order chi connectivity index (χ1) is 9.39. The molecule has 1 aromatic rings. The van der Waals surface area contributed by atoms with Crippen molar-refractivity contribution in [3.8, 4) is 0 Å². The Kier molecular flexibility index (Phi) is 4.36. The molecule has 0 bridgehead atoms. The summed E-state index contributed by atoms with van der Waals surface area (Å²) in [5.41, 5.74) is 0.511. The van der Waals surface area contributed by atoms with Gasteiger partial charge in [0.05, 0.1) is 4.90 Å². The second-order valence-electron chi connectivity index (χ2n) is 4.75. The minimum Gasteiger partial charge on any atom is -0.358 e. The first kappa shape index (κ1) is 15.3. The Morgan fingerprint density at radius 1 is 1.45 bits per heavy atom. The number of hydrogen-bond acceptors (Lipinski definition) is 3. The molecular weight excluding hydrogens is 300 g/mol. The lowest BCUT2D eigenvalue weighted by atomic mass is 10.2. The van der Waals surface area contributed by atoms with Crippen molar-refractivity contribution in [2.24, 2.45) is 0 Å². The number of nitrogens with zero attached hydrogens (tertiary/aromatic N) is 1. The van der Waals surface area contributed by atoms with Gasteiger partial charge in [0.15, 0.2) is 0 Å². The van der Waals surface area contributed by atoms with E-state index in [4.69, 9.17) is 11.6 Å². The molecule has 1 amide bonds. The van der Waals surface area contributed by atoms with E-state index in [2.05, 4.69) is 5.32 Å². The normalized spacial score (nSPS) is 20.1. The van der Waals surface area contributed by atoms with Crippen LogP contribution in [-0.2, 0) is 14.8 Å². The third kappa shape index (κ3) is 2.55. The van der Waals surface area contributed by atoms with Gasteiger partial charge in [-0.2, -0.15) is 4.31 Å². The molecular formula is C13H17ClN2O3S. The van der Waals surface area contributed by atoms with Crippen molar-refractivity contribution in [2.75, 3.05) is 13.6 Å². The Morgan fingerprint density at radius 3 is 2.80 bits per heavy atom. The Hall–Kier alpha value is -1.11. The summed E-state index contributed by atoms with van der Waals surface area (Å²) in [6, 6.07) is 4.14. The van der Waals surface area contributed by atoms with E-state index >= 15 is 0 Å². The van der Waals surface area contributed by atoms with E-state index in [-0.39, 0.29) is 10.8 Å². The fraction of sp³-hybridized carbons (Fsp3) is 0.462. The minimum absolute atomic E-state index is 0.167. The van der Waals surface area contributed by atoms with Crippen LogP contribution >= 0.6 is 11.6 Å². The van der Waals surface area contributed by atoms with Gasteiger partial charge in [-0.1, -0.05) is 17.7 Å². The zero-order chi connectivity index (χ0) is 14.9. The lowest BCUT2D eigenvalue weighted by molar-refractivity contribution is -0.123. The molecule has 1 unspecified atom stereocenters. The van der Waals surface area contributed by atoms with Crippen LogP contribution in [0, 0.1) is 6.92 Å². The van der Waals surface area contributed by atoms with Crippen molar-refractivity contribution in [2.45, 2.75) is 30.7 Å². The first-order valence-electron chi connectivity index (χ1n) is 6.38. The average Bonchev–Trinajstić information content (AvgIpc) is 2.90. The second-order valence-corrected chi connectivity index (χ2v) is 7.02. The molecule has 1 saturated heterocycles. The molecule has 1 atom stereocenters.